The Hall–Kier alpha value is -6.65. The van der Waals surface area contributed by atoms with Gasteiger partial charge in [-0.05, 0) is 75.1 Å². The zero-order valence-corrected chi connectivity index (χ0v) is 26.6. The Kier molecular flexibility index (Phi) is 6.73. The molecule has 49 heavy (non-hydrogen) atoms. The molecule has 0 radical (unpaired) electrons. The lowest BCUT2D eigenvalue weighted by atomic mass is 9.89. The van der Waals surface area contributed by atoms with Crippen molar-refractivity contribution in [2.45, 2.75) is 0 Å². The van der Waals surface area contributed by atoms with Gasteiger partial charge in [-0.25, -0.2) is 9.98 Å². The van der Waals surface area contributed by atoms with Gasteiger partial charge in [0.05, 0.1) is 11.0 Å². The van der Waals surface area contributed by atoms with Crippen molar-refractivity contribution < 1.29 is 0 Å². The van der Waals surface area contributed by atoms with Crippen LogP contribution in [0.1, 0.15) is 11.1 Å². The lowest BCUT2D eigenvalue weighted by Crippen LogP contribution is -2.04. The summed E-state index contributed by atoms with van der Waals surface area (Å²) in [6.07, 6.45) is 0. The highest BCUT2D eigenvalue weighted by Crippen LogP contribution is 2.40. The maximum atomic E-state index is 9.27. The van der Waals surface area contributed by atoms with Crippen molar-refractivity contribution in [3.8, 4) is 16.8 Å². The number of para-hydroxylation sites is 2. The molecule has 1 heterocycles. The summed E-state index contributed by atoms with van der Waals surface area (Å²) in [6.45, 7) is 3.76. The van der Waals surface area contributed by atoms with Gasteiger partial charge >= 0.3 is 0 Å². The van der Waals surface area contributed by atoms with Gasteiger partial charge in [0.15, 0.2) is 11.7 Å². The van der Waals surface area contributed by atoms with Gasteiger partial charge in [0.25, 0.3) is 0 Å². The van der Waals surface area contributed by atoms with Crippen LogP contribution in [0, 0.1) is 5.41 Å². The first-order valence-corrected chi connectivity index (χ1v) is 16.4. The summed E-state index contributed by atoms with van der Waals surface area (Å²) < 4.78 is 2.35. The average molecular weight is 627 g/mol. The first kappa shape index (κ1) is 28.6. The Morgan fingerprint density at radius 2 is 1.06 bits per heavy atom. The molecule has 0 amide bonds. The SMILES string of the molecule is C=NC(=NC(=N)c1cccc2c3ccccc3c3ccc(-c4ccc5c6ccccc6n(-c6ccccc6)c5c4)cc3c12)c1ccccc1. The molecule has 9 aromatic rings. The van der Waals surface area contributed by atoms with E-state index in [2.05, 4.69) is 138 Å². The number of fused-ring (bicyclic) bond motifs is 9. The van der Waals surface area contributed by atoms with Crippen LogP contribution in [-0.2, 0) is 0 Å². The minimum Gasteiger partial charge on any atom is -0.309 e. The van der Waals surface area contributed by atoms with Gasteiger partial charge in [-0.2, -0.15) is 0 Å². The Morgan fingerprint density at radius 1 is 0.490 bits per heavy atom. The lowest BCUT2D eigenvalue weighted by Gasteiger charge is -2.15. The molecule has 1 N–H and O–H groups in total. The van der Waals surface area contributed by atoms with E-state index in [1.54, 1.807) is 0 Å². The maximum absolute atomic E-state index is 9.27. The molecule has 230 valence electrons. The second kappa shape index (κ2) is 11.5. The number of nitrogens with zero attached hydrogens (tertiary/aromatic N) is 3. The molecule has 4 heteroatoms. The maximum Gasteiger partial charge on any atom is 0.161 e. The van der Waals surface area contributed by atoms with E-state index < -0.39 is 0 Å². The summed E-state index contributed by atoms with van der Waals surface area (Å²) >= 11 is 0. The smallest absolute Gasteiger partial charge is 0.161 e. The Morgan fingerprint density at radius 3 is 1.82 bits per heavy atom. The Labute approximate surface area is 283 Å². The fraction of sp³-hybridized carbons (Fsp3) is 0. The van der Waals surface area contributed by atoms with Crippen molar-refractivity contribution in [3.63, 3.8) is 0 Å². The molecule has 8 aromatic carbocycles. The van der Waals surface area contributed by atoms with E-state index in [0.717, 1.165) is 60.4 Å². The number of rotatable bonds is 4. The quantitative estimate of drug-likeness (QED) is 0.115. The minimum absolute atomic E-state index is 0.146. The zero-order chi connectivity index (χ0) is 32.9. The van der Waals surface area contributed by atoms with Gasteiger partial charge in [0.2, 0.25) is 0 Å². The molecule has 4 nitrogen and oxygen atoms in total. The predicted octanol–water partition coefficient (Wildman–Crippen LogP) is 11.4. The third-order valence-corrected chi connectivity index (χ3v) is 9.54. The number of amidine groups is 2. The first-order chi connectivity index (χ1) is 24.2. The molecule has 0 saturated heterocycles. The molecule has 0 bridgehead atoms. The van der Waals surface area contributed by atoms with E-state index in [9.17, 15) is 5.41 Å². The largest absolute Gasteiger partial charge is 0.309 e. The van der Waals surface area contributed by atoms with Crippen molar-refractivity contribution in [1.82, 2.24) is 4.57 Å². The fourth-order valence-corrected chi connectivity index (χ4v) is 7.33. The fourth-order valence-electron chi connectivity index (χ4n) is 7.33. The van der Waals surface area contributed by atoms with Crippen LogP contribution < -0.4 is 0 Å². The number of benzene rings is 8. The molecule has 9 rings (SSSR count). The average Bonchev–Trinajstić information content (AvgIpc) is 3.51. The van der Waals surface area contributed by atoms with Crippen molar-refractivity contribution in [2.75, 3.05) is 0 Å². The molecule has 0 spiro atoms. The third-order valence-electron chi connectivity index (χ3n) is 9.54. The third kappa shape index (κ3) is 4.65. The number of hydrogen-bond acceptors (Lipinski definition) is 1. The molecule has 0 unspecified atom stereocenters. The monoisotopic (exact) mass is 626 g/mol. The highest BCUT2D eigenvalue weighted by atomic mass is 15.0. The molecular formula is C45H30N4. The van der Waals surface area contributed by atoms with Gasteiger partial charge in [-0.3, -0.25) is 5.41 Å². The molecule has 0 saturated carbocycles. The number of aliphatic imine (C=N–C) groups is 2. The van der Waals surface area contributed by atoms with Crippen molar-refractivity contribution in [3.05, 3.63) is 175 Å². The second-order valence-electron chi connectivity index (χ2n) is 12.3. The van der Waals surface area contributed by atoms with Crippen LogP contribution in [0.5, 0.6) is 0 Å². The summed E-state index contributed by atoms with van der Waals surface area (Å²) in [7, 11) is 0. The van der Waals surface area contributed by atoms with Crippen LogP contribution in [-0.4, -0.2) is 23.0 Å². The lowest BCUT2D eigenvalue weighted by molar-refractivity contribution is 1.18. The van der Waals surface area contributed by atoms with Gasteiger partial charge in [0.1, 0.15) is 0 Å². The van der Waals surface area contributed by atoms with Crippen LogP contribution in [0.15, 0.2) is 174 Å². The number of aromatic nitrogens is 1. The van der Waals surface area contributed by atoms with Crippen molar-refractivity contribution in [2.24, 2.45) is 9.98 Å². The van der Waals surface area contributed by atoms with Crippen molar-refractivity contribution in [1.29, 1.82) is 5.41 Å². The molecule has 0 aliphatic heterocycles. The van der Waals surface area contributed by atoms with Crippen LogP contribution in [0.25, 0.3) is 70.9 Å². The van der Waals surface area contributed by atoms with E-state index >= 15 is 0 Å². The van der Waals surface area contributed by atoms with Crippen LogP contribution >= 0.6 is 0 Å². The van der Waals surface area contributed by atoms with Gasteiger partial charge in [-0.1, -0.05) is 133 Å². The van der Waals surface area contributed by atoms with Gasteiger partial charge < -0.3 is 4.57 Å². The zero-order valence-electron chi connectivity index (χ0n) is 26.6. The summed E-state index contributed by atoms with van der Waals surface area (Å²) in [5, 5.41) is 18.4. The first-order valence-electron chi connectivity index (χ1n) is 16.4. The van der Waals surface area contributed by atoms with Crippen LogP contribution in [0.3, 0.4) is 0 Å². The number of hydrogen-bond donors (Lipinski definition) is 1. The van der Waals surface area contributed by atoms with E-state index in [0.29, 0.717) is 5.84 Å². The topological polar surface area (TPSA) is 53.5 Å². The summed E-state index contributed by atoms with van der Waals surface area (Å²) in [4.78, 5) is 8.91. The van der Waals surface area contributed by atoms with Gasteiger partial charge in [0, 0.05) is 33.0 Å². The van der Waals surface area contributed by atoms with E-state index in [1.807, 2.05) is 42.5 Å². The van der Waals surface area contributed by atoms with Gasteiger partial charge in [-0.15, -0.1) is 0 Å². The summed E-state index contributed by atoms with van der Waals surface area (Å²) in [5.74, 6) is 0.572. The molecule has 1 aromatic heterocycles. The van der Waals surface area contributed by atoms with Crippen molar-refractivity contribution >= 4 is 72.5 Å². The highest BCUT2D eigenvalue weighted by molar-refractivity contribution is 6.30. The standard InChI is InChI=1S/C45H30N4/c1-47-45(29-13-4-2-5-14-29)48-44(46)39-21-12-20-38-34-18-9-8-17-33(34)35-25-23-30(27-40(35)43(38)39)31-24-26-37-36-19-10-11-22-41(36)49(42(37)28-31)32-15-6-3-7-16-32/h2-28,46H,1H2. The molecule has 0 aliphatic rings. The molecule has 0 aliphatic carbocycles. The summed E-state index contributed by atoms with van der Waals surface area (Å²) in [6, 6.07) is 57.1. The van der Waals surface area contributed by atoms with E-state index in [4.69, 9.17) is 4.99 Å². The molecule has 0 atom stereocenters. The van der Waals surface area contributed by atoms with Crippen LogP contribution in [0.4, 0.5) is 0 Å². The Balaban J connectivity index is 1.30. The normalized spacial score (nSPS) is 12.0. The van der Waals surface area contributed by atoms with E-state index in [1.165, 1.54) is 21.7 Å². The van der Waals surface area contributed by atoms with E-state index in [-0.39, 0.29) is 5.84 Å². The predicted molar refractivity (Wildman–Crippen MR) is 208 cm³/mol. The van der Waals surface area contributed by atoms with Crippen LogP contribution in [0.2, 0.25) is 0 Å². The second-order valence-corrected chi connectivity index (χ2v) is 12.3. The number of nitrogens with one attached hydrogen (secondary N) is 1. The molecule has 0 fully saturated rings. The highest BCUT2D eigenvalue weighted by Gasteiger charge is 2.17. The minimum atomic E-state index is 0.146. The Bertz CT molecular complexity index is 2790. The molecular weight excluding hydrogens is 597 g/mol. The summed E-state index contributed by atoms with van der Waals surface area (Å²) in [5.41, 5.74) is 7.29.